The number of para-hydroxylation sites is 1. The maximum Gasteiger partial charge on any atom is 0.253 e. The van der Waals surface area contributed by atoms with Gasteiger partial charge >= 0.3 is 0 Å². The maximum absolute atomic E-state index is 12.9. The molecule has 0 bridgehead atoms. The molecule has 0 unspecified atom stereocenters. The van der Waals surface area contributed by atoms with Gasteiger partial charge in [-0.1, -0.05) is 43.5 Å². The third-order valence-electron chi connectivity index (χ3n) is 4.67. The van der Waals surface area contributed by atoms with E-state index in [2.05, 4.69) is 10.6 Å². The Morgan fingerprint density at radius 1 is 0.963 bits per heavy atom. The molecule has 5 heteroatoms. The summed E-state index contributed by atoms with van der Waals surface area (Å²) in [6.07, 6.45) is 8.46. The lowest BCUT2D eigenvalue weighted by Crippen LogP contribution is -2.36. The fourth-order valence-corrected chi connectivity index (χ4v) is 3.22. The molecule has 3 rings (SSSR count). The van der Waals surface area contributed by atoms with Crippen LogP contribution < -0.4 is 10.6 Å². The predicted molar refractivity (Wildman–Crippen MR) is 105 cm³/mol. The van der Waals surface area contributed by atoms with Crippen molar-refractivity contribution in [3.8, 4) is 0 Å². The van der Waals surface area contributed by atoms with Crippen molar-refractivity contribution in [3.05, 3.63) is 71.6 Å². The quantitative estimate of drug-likeness (QED) is 0.763. The van der Waals surface area contributed by atoms with Crippen LogP contribution in [-0.4, -0.2) is 17.9 Å². The number of benzene rings is 2. The van der Waals surface area contributed by atoms with Crippen molar-refractivity contribution in [1.82, 2.24) is 5.32 Å². The Labute approximate surface area is 158 Å². The van der Waals surface area contributed by atoms with Gasteiger partial charge < -0.3 is 10.6 Å². The van der Waals surface area contributed by atoms with Crippen LogP contribution in [0.3, 0.4) is 0 Å². The SMILES string of the molecule is O=C(C=Cc1ccc(F)cc1)Nc1ccccc1C(=O)NC1CCCCC1. The van der Waals surface area contributed by atoms with Crippen molar-refractivity contribution >= 4 is 23.6 Å². The summed E-state index contributed by atoms with van der Waals surface area (Å²) >= 11 is 0. The average molecular weight is 366 g/mol. The summed E-state index contributed by atoms with van der Waals surface area (Å²) in [5, 5.41) is 5.82. The van der Waals surface area contributed by atoms with E-state index in [0.717, 1.165) is 31.2 Å². The molecule has 1 fully saturated rings. The van der Waals surface area contributed by atoms with Crippen LogP contribution in [0.25, 0.3) is 6.08 Å². The molecule has 0 saturated heterocycles. The number of hydrogen-bond donors (Lipinski definition) is 2. The summed E-state index contributed by atoms with van der Waals surface area (Å²) in [6.45, 7) is 0. The Kier molecular flexibility index (Phi) is 6.36. The van der Waals surface area contributed by atoms with Crippen molar-refractivity contribution in [1.29, 1.82) is 0 Å². The molecule has 1 saturated carbocycles. The highest BCUT2D eigenvalue weighted by Gasteiger charge is 2.18. The average Bonchev–Trinajstić information content (AvgIpc) is 2.69. The summed E-state index contributed by atoms with van der Waals surface area (Å²) < 4.78 is 12.9. The van der Waals surface area contributed by atoms with Crippen LogP contribution in [0.15, 0.2) is 54.6 Å². The van der Waals surface area contributed by atoms with E-state index in [1.54, 1.807) is 42.5 Å². The first-order chi connectivity index (χ1) is 13.1. The highest BCUT2D eigenvalue weighted by Crippen LogP contribution is 2.20. The van der Waals surface area contributed by atoms with E-state index in [1.165, 1.54) is 24.6 Å². The van der Waals surface area contributed by atoms with E-state index in [1.807, 2.05) is 0 Å². The molecular weight excluding hydrogens is 343 g/mol. The highest BCUT2D eigenvalue weighted by atomic mass is 19.1. The molecule has 1 aliphatic carbocycles. The molecule has 140 valence electrons. The molecule has 1 aliphatic rings. The van der Waals surface area contributed by atoms with Crippen molar-refractivity contribution in [2.45, 2.75) is 38.1 Å². The number of halogens is 1. The number of nitrogens with one attached hydrogen (secondary N) is 2. The lowest BCUT2D eigenvalue weighted by atomic mass is 9.95. The molecule has 4 nitrogen and oxygen atoms in total. The smallest absolute Gasteiger partial charge is 0.253 e. The van der Waals surface area contributed by atoms with Gasteiger partial charge in [-0.15, -0.1) is 0 Å². The fraction of sp³-hybridized carbons (Fsp3) is 0.273. The van der Waals surface area contributed by atoms with Gasteiger partial charge in [-0.05, 0) is 48.7 Å². The lowest BCUT2D eigenvalue weighted by molar-refractivity contribution is -0.111. The first-order valence-corrected chi connectivity index (χ1v) is 9.26. The van der Waals surface area contributed by atoms with E-state index in [-0.39, 0.29) is 23.7 Å². The minimum absolute atomic E-state index is 0.166. The number of amides is 2. The number of rotatable bonds is 5. The Hall–Kier alpha value is -2.95. The van der Waals surface area contributed by atoms with Gasteiger partial charge in [0.05, 0.1) is 11.3 Å². The largest absolute Gasteiger partial charge is 0.349 e. The number of carbonyl (C=O) groups is 2. The molecule has 2 N–H and O–H groups in total. The van der Waals surface area contributed by atoms with Crippen LogP contribution in [0.5, 0.6) is 0 Å². The summed E-state index contributed by atoms with van der Waals surface area (Å²) in [4.78, 5) is 24.8. The van der Waals surface area contributed by atoms with Gasteiger partial charge in [0.1, 0.15) is 5.82 Å². The topological polar surface area (TPSA) is 58.2 Å². The second kappa shape index (κ2) is 9.12. The van der Waals surface area contributed by atoms with E-state index in [0.29, 0.717) is 11.3 Å². The Bertz CT molecular complexity index is 824. The fourth-order valence-electron chi connectivity index (χ4n) is 3.22. The zero-order valence-corrected chi connectivity index (χ0v) is 15.1. The molecule has 27 heavy (non-hydrogen) atoms. The van der Waals surface area contributed by atoms with E-state index in [4.69, 9.17) is 0 Å². The van der Waals surface area contributed by atoms with Gasteiger partial charge in [0.25, 0.3) is 5.91 Å². The molecule has 0 aliphatic heterocycles. The second-order valence-electron chi connectivity index (χ2n) is 6.73. The molecule has 0 aromatic heterocycles. The zero-order chi connectivity index (χ0) is 19.1. The monoisotopic (exact) mass is 366 g/mol. The molecule has 2 aromatic rings. The first kappa shape index (κ1) is 18.8. The second-order valence-corrected chi connectivity index (χ2v) is 6.73. The van der Waals surface area contributed by atoms with E-state index >= 15 is 0 Å². The van der Waals surface area contributed by atoms with Crippen LogP contribution in [0.1, 0.15) is 48.0 Å². The summed E-state index contributed by atoms with van der Waals surface area (Å²) in [7, 11) is 0. The minimum atomic E-state index is -0.350. The van der Waals surface area contributed by atoms with Gasteiger partial charge in [0, 0.05) is 12.1 Å². The van der Waals surface area contributed by atoms with E-state index < -0.39 is 0 Å². The normalized spacial score (nSPS) is 14.9. The molecular formula is C22H23FN2O2. The molecule has 0 radical (unpaired) electrons. The minimum Gasteiger partial charge on any atom is -0.349 e. The van der Waals surface area contributed by atoms with Gasteiger partial charge in [0.2, 0.25) is 5.91 Å². The number of anilines is 1. The third-order valence-corrected chi connectivity index (χ3v) is 4.67. The van der Waals surface area contributed by atoms with Crippen molar-refractivity contribution in [3.63, 3.8) is 0 Å². The standard InChI is InChI=1S/C22H23FN2O2/c23-17-13-10-16(11-14-17)12-15-21(26)25-20-9-5-4-8-19(20)22(27)24-18-6-2-1-3-7-18/h4-5,8-15,18H,1-3,6-7H2,(H,24,27)(H,25,26). The first-order valence-electron chi connectivity index (χ1n) is 9.26. The van der Waals surface area contributed by atoms with Gasteiger partial charge in [-0.2, -0.15) is 0 Å². The lowest BCUT2D eigenvalue weighted by Gasteiger charge is -2.23. The number of carbonyl (C=O) groups excluding carboxylic acids is 2. The maximum atomic E-state index is 12.9. The number of hydrogen-bond acceptors (Lipinski definition) is 2. The van der Waals surface area contributed by atoms with Gasteiger partial charge in [-0.25, -0.2) is 4.39 Å². The van der Waals surface area contributed by atoms with Crippen LogP contribution in [0, 0.1) is 5.82 Å². The molecule has 0 heterocycles. The van der Waals surface area contributed by atoms with Crippen molar-refractivity contribution in [2.24, 2.45) is 0 Å². The zero-order valence-electron chi connectivity index (χ0n) is 15.1. The summed E-state index contributed by atoms with van der Waals surface area (Å²) in [5.74, 6) is -0.841. The van der Waals surface area contributed by atoms with Crippen LogP contribution in [-0.2, 0) is 4.79 Å². The van der Waals surface area contributed by atoms with Gasteiger partial charge in [-0.3, -0.25) is 9.59 Å². The van der Waals surface area contributed by atoms with Crippen molar-refractivity contribution < 1.29 is 14.0 Å². The summed E-state index contributed by atoms with van der Waals surface area (Å²) in [6, 6.07) is 13.0. The molecule has 0 spiro atoms. The van der Waals surface area contributed by atoms with Gasteiger partial charge in [0.15, 0.2) is 0 Å². The predicted octanol–water partition coefficient (Wildman–Crippen LogP) is 4.54. The summed E-state index contributed by atoms with van der Waals surface area (Å²) in [5.41, 5.74) is 1.64. The Morgan fingerprint density at radius 2 is 1.67 bits per heavy atom. The third kappa shape index (κ3) is 5.51. The van der Waals surface area contributed by atoms with Crippen LogP contribution in [0.2, 0.25) is 0 Å². The molecule has 0 atom stereocenters. The molecule has 2 amide bonds. The van der Waals surface area contributed by atoms with Crippen LogP contribution >= 0.6 is 0 Å². The highest BCUT2D eigenvalue weighted by molar-refractivity contribution is 6.07. The Morgan fingerprint density at radius 3 is 2.41 bits per heavy atom. The molecule has 2 aromatic carbocycles. The Balaban J connectivity index is 1.65. The van der Waals surface area contributed by atoms with Crippen LogP contribution in [0.4, 0.5) is 10.1 Å². The van der Waals surface area contributed by atoms with Crippen molar-refractivity contribution in [2.75, 3.05) is 5.32 Å². The van der Waals surface area contributed by atoms with E-state index in [9.17, 15) is 14.0 Å².